The summed E-state index contributed by atoms with van der Waals surface area (Å²) in [4.78, 5) is 15.0. The Morgan fingerprint density at radius 1 is 1.26 bits per heavy atom. The van der Waals surface area contributed by atoms with Crippen LogP contribution in [0.25, 0.3) is 0 Å². The summed E-state index contributed by atoms with van der Waals surface area (Å²) in [7, 11) is 1.51. The van der Waals surface area contributed by atoms with E-state index < -0.39 is 5.97 Å². The number of rotatable bonds is 4. The minimum absolute atomic E-state index is 0.140. The molecule has 0 saturated heterocycles. The number of hydrogen-bond donors (Lipinski definition) is 1. The molecule has 0 aliphatic heterocycles. The highest BCUT2D eigenvalue weighted by molar-refractivity contribution is 9.10. The molecule has 19 heavy (non-hydrogen) atoms. The van der Waals surface area contributed by atoms with Gasteiger partial charge in [0.1, 0.15) is 5.75 Å². The van der Waals surface area contributed by atoms with Gasteiger partial charge in [0.15, 0.2) is 0 Å². The van der Waals surface area contributed by atoms with Crippen LogP contribution >= 0.6 is 15.9 Å². The largest absolute Gasteiger partial charge is 0.481 e. The van der Waals surface area contributed by atoms with E-state index in [9.17, 15) is 4.79 Å². The van der Waals surface area contributed by atoms with Crippen molar-refractivity contribution >= 4 is 21.9 Å². The Morgan fingerprint density at radius 3 is 2.68 bits per heavy atom. The van der Waals surface area contributed by atoms with E-state index in [1.54, 1.807) is 24.3 Å². The fraction of sp³-hybridized carbons (Fsp3) is 0.0769. The Hall–Kier alpha value is -2.08. The lowest BCUT2D eigenvalue weighted by Crippen LogP contribution is -1.97. The molecule has 5 nitrogen and oxygen atoms in total. The highest BCUT2D eigenvalue weighted by atomic mass is 79.9. The third-order valence-electron chi connectivity index (χ3n) is 2.30. The minimum Gasteiger partial charge on any atom is -0.481 e. The van der Waals surface area contributed by atoms with Gasteiger partial charge in [-0.2, -0.15) is 4.98 Å². The molecule has 0 aliphatic carbocycles. The average molecular weight is 324 g/mol. The maximum Gasteiger partial charge on any atom is 0.335 e. The van der Waals surface area contributed by atoms with Crippen molar-refractivity contribution in [1.29, 1.82) is 0 Å². The van der Waals surface area contributed by atoms with Crippen LogP contribution in [0, 0.1) is 0 Å². The molecule has 0 spiro atoms. The number of carboxylic acid groups (broad SMARTS) is 1. The van der Waals surface area contributed by atoms with Crippen molar-refractivity contribution in [2.75, 3.05) is 7.11 Å². The van der Waals surface area contributed by atoms with E-state index in [1.807, 2.05) is 0 Å². The van der Waals surface area contributed by atoms with Crippen LogP contribution in [0.1, 0.15) is 10.4 Å². The van der Waals surface area contributed by atoms with Gasteiger partial charge in [-0.05, 0) is 34.1 Å². The van der Waals surface area contributed by atoms with Crippen molar-refractivity contribution in [3.8, 4) is 17.5 Å². The number of aromatic nitrogens is 1. The molecule has 6 heteroatoms. The van der Waals surface area contributed by atoms with Gasteiger partial charge < -0.3 is 14.6 Å². The molecule has 0 amide bonds. The van der Waals surface area contributed by atoms with Gasteiger partial charge in [-0.3, -0.25) is 0 Å². The normalized spacial score (nSPS) is 10.0. The van der Waals surface area contributed by atoms with Crippen LogP contribution in [0.2, 0.25) is 0 Å². The van der Waals surface area contributed by atoms with Gasteiger partial charge in [-0.25, -0.2) is 4.79 Å². The van der Waals surface area contributed by atoms with E-state index in [2.05, 4.69) is 20.9 Å². The van der Waals surface area contributed by atoms with E-state index in [0.717, 1.165) is 0 Å². The first-order valence-corrected chi connectivity index (χ1v) is 6.11. The molecule has 98 valence electrons. The SMILES string of the molecule is COc1cccc(Oc2cc(C(=O)O)ccc2Br)n1. The lowest BCUT2D eigenvalue weighted by molar-refractivity contribution is 0.0696. The topological polar surface area (TPSA) is 68.7 Å². The molecule has 2 rings (SSSR count). The number of carbonyl (C=O) groups is 1. The van der Waals surface area contributed by atoms with Crippen molar-refractivity contribution in [2.24, 2.45) is 0 Å². The second kappa shape index (κ2) is 5.71. The van der Waals surface area contributed by atoms with E-state index in [1.165, 1.54) is 19.2 Å². The molecule has 0 aliphatic rings. The average Bonchev–Trinajstić information content (AvgIpc) is 2.41. The van der Waals surface area contributed by atoms with Gasteiger partial charge >= 0.3 is 5.97 Å². The molecule has 0 radical (unpaired) electrons. The van der Waals surface area contributed by atoms with Gasteiger partial charge in [0.05, 0.1) is 17.1 Å². The molecule has 1 aromatic heterocycles. The first-order valence-electron chi connectivity index (χ1n) is 5.32. The van der Waals surface area contributed by atoms with Crippen LogP contribution in [0.15, 0.2) is 40.9 Å². The molecule has 0 saturated carbocycles. The maximum atomic E-state index is 10.9. The number of methoxy groups -OCH3 is 1. The third kappa shape index (κ3) is 3.23. The summed E-state index contributed by atoms with van der Waals surface area (Å²) in [5.41, 5.74) is 0.140. The van der Waals surface area contributed by atoms with Gasteiger partial charge in [-0.15, -0.1) is 0 Å². The number of benzene rings is 1. The van der Waals surface area contributed by atoms with Crippen LogP contribution < -0.4 is 9.47 Å². The predicted octanol–water partition coefficient (Wildman–Crippen LogP) is 3.34. The smallest absolute Gasteiger partial charge is 0.335 e. The molecule has 1 aromatic carbocycles. The van der Waals surface area contributed by atoms with Crippen LogP contribution in [0.5, 0.6) is 17.5 Å². The number of halogens is 1. The molecule has 1 heterocycles. The zero-order valence-corrected chi connectivity index (χ0v) is 11.5. The van der Waals surface area contributed by atoms with Gasteiger partial charge in [0.25, 0.3) is 0 Å². The summed E-state index contributed by atoms with van der Waals surface area (Å²) in [6.45, 7) is 0. The first kappa shape index (κ1) is 13.4. The van der Waals surface area contributed by atoms with Crippen molar-refractivity contribution < 1.29 is 19.4 Å². The fourth-order valence-corrected chi connectivity index (χ4v) is 1.72. The molecular formula is C13H10BrNO4. The van der Waals surface area contributed by atoms with Gasteiger partial charge in [0, 0.05) is 12.1 Å². The van der Waals surface area contributed by atoms with Gasteiger partial charge in [0.2, 0.25) is 11.8 Å². The summed E-state index contributed by atoms with van der Waals surface area (Å²) in [5, 5.41) is 8.94. The van der Waals surface area contributed by atoms with E-state index in [0.29, 0.717) is 22.0 Å². The molecular weight excluding hydrogens is 314 g/mol. The number of nitrogens with zero attached hydrogens (tertiary/aromatic N) is 1. The van der Waals surface area contributed by atoms with Crippen molar-refractivity contribution in [3.63, 3.8) is 0 Å². The predicted molar refractivity (Wildman–Crippen MR) is 72.0 cm³/mol. The third-order valence-corrected chi connectivity index (χ3v) is 2.95. The Morgan fingerprint density at radius 2 is 2.00 bits per heavy atom. The number of hydrogen-bond acceptors (Lipinski definition) is 4. The Labute approximate surface area is 117 Å². The van der Waals surface area contributed by atoms with Crippen LogP contribution in [0.3, 0.4) is 0 Å². The Balaban J connectivity index is 2.31. The van der Waals surface area contributed by atoms with Crippen LogP contribution in [-0.4, -0.2) is 23.2 Å². The number of carboxylic acids is 1. The lowest BCUT2D eigenvalue weighted by Gasteiger charge is -2.08. The number of aromatic carboxylic acids is 1. The highest BCUT2D eigenvalue weighted by Gasteiger charge is 2.09. The molecule has 0 atom stereocenters. The van der Waals surface area contributed by atoms with Crippen LogP contribution in [-0.2, 0) is 0 Å². The summed E-state index contributed by atoms with van der Waals surface area (Å²) in [6.07, 6.45) is 0. The quantitative estimate of drug-likeness (QED) is 0.934. The summed E-state index contributed by atoms with van der Waals surface area (Å²) < 4.78 is 11.2. The van der Waals surface area contributed by atoms with Gasteiger partial charge in [-0.1, -0.05) is 6.07 Å². The monoisotopic (exact) mass is 323 g/mol. The maximum absolute atomic E-state index is 10.9. The minimum atomic E-state index is -1.02. The first-order chi connectivity index (χ1) is 9.10. The van der Waals surface area contributed by atoms with E-state index in [4.69, 9.17) is 14.6 Å². The number of pyridine rings is 1. The molecule has 0 fully saturated rings. The zero-order chi connectivity index (χ0) is 13.8. The molecule has 0 unspecified atom stereocenters. The van der Waals surface area contributed by atoms with E-state index in [-0.39, 0.29) is 5.56 Å². The molecule has 1 N–H and O–H groups in total. The van der Waals surface area contributed by atoms with E-state index >= 15 is 0 Å². The van der Waals surface area contributed by atoms with Crippen molar-refractivity contribution in [2.45, 2.75) is 0 Å². The lowest BCUT2D eigenvalue weighted by atomic mass is 10.2. The Bertz CT molecular complexity index is 615. The second-order valence-corrected chi connectivity index (χ2v) is 4.42. The summed E-state index contributed by atoms with van der Waals surface area (Å²) in [5.74, 6) is 0.0993. The second-order valence-electron chi connectivity index (χ2n) is 3.57. The number of ether oxygens (including phenoxy) is 2. The zero-order valence-electron chi connectivity index (χ0n) is 9.96. The molecule has 0 bridgehead atoms. The van der Waals surface area contributed by atoms with Crippen molar-refractivity contribution in [1.82, 2.24) is 4.98 Å². The fourth-order valence-electron chi connectivity index (χ4n) is 1.39. The molecule has 2 aromatic rings. The standard InChI is InChI=1S/C13H10BrNO4/c1-18-11-3-2-4-12(15-11)19-10-7-8(13(16)17)5-6-9(10)14/h2-7H,1H3,(H,16,17). The summed E-state index contributed by atoms with van der Waals surface area (Å²) >= 11 is 3.30. The highest BCUT2D eigenvalue weighted by Crippen LogP contribution is 2.30. The van der Waals surface area contributed by atoms with Crippen LogP contribution in [0.4, 0.5) is 0 Å². The summed E-state index contributed by atoms with van der Waals surface area (Å²) in [6, 6.07) is 9.60. The van der Waals surface area contributed by atoms with Crippen molar-refractivity contribution in [3.05, 3.63) is 46.4 Å². The Kier molecular flexibility index (Phi) is 4.01.